The number of rotatable bonds is 8. The third-order valence-corrected chi connectivity index (χ3v) is 4.63. The van der Waals surface area contributed by atoms with Crippen LogP contribution in [0.2, 0.25) is 0 Å². The molecule has 0 spiro atoms. The Kier molecular flexibility index (Phi) is 10.1. The standard InChI is InChI=1S/C15H31N5O2S/c1-13(23-4)11-17-15(18-12-14(21)19(2)3)16-5-6-20-7-9-22-10-8-20/h13H,5-12H2,1-4H3,(H2,16,17,18). The highest BCUT2D eigenvalue weighted by atomic mass is 32.2. The van der Waals surface area contributed by atoms with E-state index in [1.165, 1.54) is 0 Å². The van der Waals surface area contributed by atoms with Crippen LogP contribution in [-0.2, 0) is 9.53 Å². The second kappa shape index (κ2) is 11.5. The highest BCUT2D eigenvalue weighted by molar-refractivity contribution is 7.99. The van der Waals surface area contributed by atoms with E-state index in [9.17, 15) is 4.79 Å². The predicted octanol–water partition coefficient (Wildman–Crippen LogP) is -0.306. The van der Waals surface area contributed by atoms with Crippen molar-refractivity contribution in [2.75, 3.05) is 72.8 Å². The fourth-order valence-electron chi connectivity index (χ4n) is 1.94. The molecule has 0 bridgehead atoms. The summed E-state index contributed by atoms with van der Waals surface area (Å²) in [7, 11) is 3.49. The Morgan fingerprint density at radius 3 is 2.65 bits per heavy atom. The number of amides is 1. The molecule has 0 aliphatic carbocycles. The molecule has 1 saturated heterocycles. The van der Waals surface area contributed by atoms with Crippen molar-refractivity contribution in [1.82, 2.24) is 20.4 Å². The average Bonchev–Trinajstić information content (AvgIpc) is 2.56. The molecule has 1 atom stereocenters. The summed E-state index contributed by atoms with van der Waals surface area (Å²) in [6.07, 6.45) is 2.09. The minimum atomic E-state index is -0.00260. The van der Waals surface area contributed by atoms with E-state index in [1.807, 2.05) is 0 Å². The van der Waals surface area contributed by atoms with Crippen LogP contribution in [0.15, 0.2) is 4.99 Å². The number of carbonyl (C=O) groups excluding carboxylic acids is 1. The molecule has 1 rings (SSSR count). The van der Waals surface area contributed by atoms with E-state index in [0.29, 0.717) is 11.2 Å². The summed E-state index contributed by atoms with van der Waals surface area (Å²) in [4.78, 5) is 20.0. The summed E-state index contributed by atoms with van der Waals surface area (Å²) in [5.41, 5.74) is 0. The van der Waals surface area contributed by atoms with E-state index in [1.54, 1.807) is 30.8 Å². The van der Waals surface area contributed by atoms with E-state index in [4.69, 9.17) is 4.74 Å². The molecule has 1 fully saturated rings. The lowest BCUT2D eigenvalue weighted by Crippen LogP contribution is -2.45. The molecule has 23 heavy (non-hydrogen) atoms. The van der Waals surface area contributed by atoms with Crippen LogP contribution >= 0.6 is 11.8 Å². The number of aliphatic imine (C=N–C) groups is 1. The second-order valence-electron chi connectivity index (χ2n) is 5.76. The summed E-state index contributed by atoms with van der Waals surface area (Å²) in [6.45, 7) is 8.46. The molecule has 0 aromatic carbocycles. The zero-order valence-corrected chi connectivity index (χ0v) is 15.6. The smallest absolute Gasteiger partial charge is 0.243 e. The molecular formula is C15H31N5O2S. The topological polar surface area (TPSA) is 69.2 Å². The van der Waals surface area contributed by atoms with E-state index >= 15 is 0 Å². The van der Waals surface area contributed by atoms with Gasteiger partial charge in [-0.15, -0.1) is 0 Å². The van der Waals surface area contributed by atoms with Gasteiger partial charge in [0.1, 0.15) is 6.54 Å². The first-order valence-electron chi connectivity index (χ1n) is 8.08. The SMILES string of the molecule is CSC(C)CNC(=NCC(=O)N(C)C)NCCN1CCOCC1. The highest BCUT2D eigenvalue weighted by Gasteiger charge is 2.10. The van der Waals surface area contributed by atoms with Gasteiger partial charge in [0.2, 0.25) is 5.91 Å². The van der Waals surface area contributed by atoms with Crippen molar-refractivity contribution in [1.29, 1.82) is 0 Å². The summed E-state index contributed by atoms with van der Waals surface area (Å²) in [6, 6.07) is 0. The third-order valence-electron chi connectivity index (χ3n) is 3.65. The molecule has 1 aliphatic heterocycles. The van der Waals surface area contributed by atoms with Crippen LogP contribution in [0, 0.1) is 0 Å². The van der Waals surface area contributed by atoms with Crippen LogP contribution in [0.5, 0.6) is 0 Å². The van der Waals surface area contributed by atoms with Gasteiger partial charge in [0.25, 0.3) is 0 Å². The Balaban J connectivity index is 2.41. The van der Waals surface area contributed by atoms with Crippen molar-refractivity contribution in [2.24, 2.45) is 4.99 Å². The lowest BCUT2D eigenvalue weighted by Gasteiger charge is -2.27. The largest absolute Gasteiger partial charge is 0.379 e. The van der Waals surface area contributed by atoms with Gasteiger partial charge in [-0.2, -0.15) is 11.8 Å². The second-order valence-corrected chi connectivity index (χ2v) is 7.04. The van der Waals surface area contributed by atoms with Gasteiger partial charge < -0.3 is 20.3 Å². The summed E-state index contributed by atoms with van der Waals surface area (Å²) < 4.78 is 5.35. The lowest BCUT2D eigenvalue weighted by molar-refractivity contribution is -0.127. The third kappa shape index (κ3) is 9.02. The van der Waals surface area contributed by atoms with Gasteiger partial charge >= 0.3 is 0 Å². The van der Waals surface area contributed by atoms with Gasteiger partial charge in [0, 0.05) is 52.1 Å². The molecule has 1 heterocycles. The van der Waals surface area contributed by atoms with Crippen LogP contribution in [0.3, 0.4) is 0 Å². The minimum Gasteiger partial charge on any atom is -0.379 e. The molecule has 1 aliphatic rings. The van der Waals surface area contributed by atoms with Crippen molar-refractivity contribution >= 4 is 23.6 Å². The van der Waals surface area contributed by atoms with Crippen molar-refractivity contribution in [2.45, 2.75) is 12.2 Å². The molecule has 0 aromatic heterocycles. The molecule has 0 aromatic rings. The first-order chi connectivity index (χ1) is 11.0. The Morgan fingerprint density at radius 1 is 1.35 bits per heavy atom. The maximum Gasteiger partial charge on any atom is 0.243 e. The lowest BCUT2D eigenvalue weighted by atomic mass is 10.4. The van der Waals surface area contributed by atoms with E-state index in [0.717, 1.165) is 45.9 Å². The van der Waals surface area contributed by atoms with Gasteiger partial charge in [-0.05, 0) is 6.26 Å². The van der Waals surface area contributed by atoms with Crippen LogP contribution < -0.4 is 10.6 Å². The number of thioether (sulfide) groups is 1. The first-order valence-corrected chi connectivity index (χ1v) is 9.37. The monoisotopic (exact) mass is 345 g/mol. The average molecular weight is 346 g/mol. The Labute approximate surface area is 144 Å². The summed E-state index contributed by atoms with van der Waals surface area (Å²) in [5.74, 6) is 0.701. The zero-order valence-electron chi connectivity index (χ0n) is 14.8. The Morgan fingerprint density at radius 2 is 2.04 bits per heavy atom. The Bertz CT molecular complexity index is 373. The quantitative estimate of drug-likeness (QED) is 0.465. The number of hydrogen-bond donors (Lipinski definition) is 2. The molecule has 134 valence electrons. The molecule has 2 N–H and O–H groups in total. The zero-order chi connectivity index (χ0) is 17.1. The minimum absolute atomic E-state index is 0.00260. The number of ether oxygens (including phenoxy) is 1. The predicted molar refractivity (Wildman–Crippen MR) is 97.2 cm³/mol. The van der Waals surface area contributed by atoms with Gasteiger partial charge in [-0.25, -0.2) is 4.99 Å². The highest BCUT2D eigenvalue weighted by Crippen LogP contribution is 2.02. The molecule has 8 heteroatoms. The van der Waals surface area contributed by atoms with Gasteiger partial charge in [-0.1, -0.05) is 6.92 Å². The fraction of sp³-hybridized carbons (Fsp3) is 0.867. The number of nitrogens with zero attached hydrogens (tertiary/aromatic N) is 3. The van der Waals surface area contributed by atoms with Crippen LogP contribution in [0.25, 0.3) is 0 Å². The van der Waals surface area contributed by atoms with Crippen molar-refractivity contribution in [3.05, 3.63) is 0 Å². The van der Waals surface area contributed by atoms with Gasteiger partial charge in [-0.3, -0.25) is 9.69 Å². The normalized spacial score (nSPS) is 17.7. The van der Waals surface area contributed by atoms with Crippen LogP contribution in [-0.4, -0.2) is 99.7 Å². The van der Waals surface area contributed by atoms with E-state index in [2.05, 4.69) is 33.7 Å². The van der Waals surface area contributed by atoms with Crippen molar-refractivity contribution in [3.63, 3.8) is 0 Å². The number of guanidine groups is 1. The number of hydrogen-bond acceptors (Lipinski definition) is 5. The molecular weight excluding hydrogens is 314 g/mol. The maximum absolute atomic E-state index is 11.7. The molecule has 1 amide bonds. The molecule has 0 radical (unpaired) electrons. The first kappa shape index (κ1) is 20.1. The Hall–Kier alpha value is -0.990. The van der Waals surface area contributed by atoms with Gasteiger partial charge in [0.05, 0.1) is 13.2 Å². The number of nitrogens with one attached hydrogen (secondary N) is 2. The molecule has 1 unspecified atom stereocenters. The van der Waals surface area contributed by atoms with Crippen LogP contribution in [0.1, 0.15) is 6.92 Å². The number of morpholine rings is 1. The molecule has 7 nitrogen and oxygen atoms in total. The molecule has 0 saturated carbocycles. The maximum atomic E-state index is 11.7. The van der Waals surface area contributed by atoms with Crippen molar-refractivity contribution < 1.29 is 9.53 Å². The van der Waals surface area contributed by atoms with Crippen molar-refractivity contribution in [3.8, 4) is 0 Å². The van der Waals surface area contributed by atoms with Gasteiger partial charge in [0.15, 0.2) is 5.96 Å². The fourth-order valence-corrected chi connectivity index (χ4v) is 2.19. The van der Waals surface area contributed by atoms with E-state index in [-0.39, 0.29) is 12.5 Å². The summed E-state index contributed by atoms with van der Waals surface area (Å²) >= 11 is 1.80. The summed E-state index contributed by atoms with van der Waals surface area (Å²) in [5, 5.41) is 7.12. The van der Waals surface area contributed by atoms with E-state index < -0.39 is 0 Å². The number of likely N-dealkylation sites (N-methyl/N-ethyl adjacent to an activating group) is 1. The number of carbonyl (C=O) groups is 1. The van der Waals surface area contributed by atoms with Crippen LogP contribution in [0.4, 0.5) is 0 Å².